The zero-order valence-electron chi connectivity index (χ0n) is 13.7. The third-order valence-corrected chi connectivity index (χ3v) is 3.82. The first-order chi connectivity index (χ1) is 10.5. The number of nitrogens with one attached hydrogen (secondary N) is 2. The summed E-state index contributed by atoms with van der Waals surface area (Å²) in [5.41, 5.74) is 1.46. The molecule has 2 heterocycles. The van der Waals surface area contributed by atoms with Crippen molar-refractivity contribution in [2.45, 2.75) is 59.0 Å². The van der Waals surface area contributed by atoms with E-state index in [2.05, 4.69) is 29.6 Å². The van der Waals surface area contributed by atoms with Crippen LogP contribution in [0, 0.1) is 5.92 Å². The molecule has 0 aliphatic carbocycles. The lowest BCUT2D eigenvalue weighted by molar-refractivity contribution is -0.122. The first-order valence-corrected chi connectivity index (χ1v) is 8.16. The number of hydrogen-bond acceptors (Lipinski definition) is 3. The summed E-state index contributed by atoms with van der Waals surface area (Å²) in [7, 11) is 0. The van der Waals surface area contributed by atoms with E-state index in [4.69, 9.17) is 0 Å². The Balaban J connectivity index is 2.10. The van der Waals surface area contributed by atoms with Gasteiger partial charge >= 0.3 is 0 Å². The molecule has 0 bridgehead atoms. The van der Waals surface area contributed by atoms with Crippen molar-refractivity contribution < 1.29 is 9.59 Å². The fourth-order valence-electron chi connectivity index (χ4n) is 2.72. The summed E-state index contributed by atoms with van der Waals surface area (Å²) in [6.07, 6.45) is 3.44. The number of amides is 2. The summed E-state index contributed by atoms with van der Waals surface area (Å²) in [4.78, 5) is 24.4. The zero-order chi connectivity index (χ0) is 16.1. The van der Waals surface area contributed by atoms with Crippen molar-refractivity contribution in [1.82, 2.24) is 20.4 Å². The molecule has 1 fully saturated rings. The molecule has 122 valence electrons. The van der Waals surface area contributed by atoms with E-state index in [1.165, 1.54) is 0 Å². The normalized spacial score (nSPS) is 18.9. The Morgan fingerprint density at radius 1 is 1.50 bits per heavy atom. The molecule has 1 aromatic heterocycles. The van der Waals surface area contributed by atoms with E-state index in [-0.39, 0.29) is 11.8 Å². The van der Waals surface area contributed by atoms with Crippen LogP contribution in [0.3, 0.4) is 0 Å². The molecule has 0 unspecified atom stereocenters. The number of carbonyl (C=O) groups is 2. The molecule has 0 aromatic carbocycles. The van der Waals surface area contributed by atoms with E-state index in [0.717, 1.165) is 25.0 Å². The van der Waals surface area contributed by atoms with E-state index >= 15 is 0 Å². The molecular formula is C16H26N4O2. The number of aryl methyl sites for hydroxylation is 1. The Morgan fingerprint density at radius 2 is 2.27 bits per heavy atom. The summed E-state index contributed by atoms with van der Waals surface area (Å²) in [5.74, 6) is 0.186. The first kappa shape index (κ1) is 16.5. The fraction of sp³-hybridized carbons (Fsp3) is 0.688. The van der Waals surface area contributed by atoms with E-state index in [0.29, 0.717) is 31.1 Å². The highest BCUT2D eigenvalue weighted by Gasteiger charge is 2.24. The minimum absolute atomic E-state index is 0.0872. The Morgan fingerprint density at radius 3 is 2.95 bits per heavy atom. The Kier molecular flexibility index (Phi) is 5.57. The van der Waals surface area contributed by atoms with E-state index in [1.807, 2.05) is 13.0 Å². The topological polar surface area (TPSA) is 76.0 Å². The lowest BCUT2D eigenvalue weighted by atomic mass is 10.1. The van der Waals surface area contributed by atoms with Crippen molar-refractivity contribution in [3.63, 3.8) is 0 Å². The van der Waals surface area contributed by atoms with Crippen LogP contribution in [0.15, 0.2) is 6.07 Å². The van der Waals surface area contributed by atoms with Gasteiger partial charge in [-0.3, -0.25) is 14.3 Å². The molecule has 2 amide bonds. The molecule has 1 aliphatic heterocycles. The van der Waals surface area contributed by atoms with Crippen LogP contribution in [0.5, 0.6) is 0 Å². The molecule has 0 spiro atoms. The maximum Gasteiger partial charge on any atom is 0.270 e. The maximum atomic E-state index is 12.5. The summed E-state index contributed by atoms with van der Waals surface area (Å²) < 4.78 is 1.71. The molecule has 2 N–H and O–H groups in total. The summed E-state index contributed by atoms with van der Waals surface area (Å²) in [6, 6.07) is 1.40. The van der Waals surface area contributed by atoms with Crippen LogP contribution in [-0.4, -0.2) is 34.2 Å². The molecule has 0 radical (unpaired) electrons. The molecule has 1 saturated heterocycles. The fourth-order valence-corrected chi connectivity index (χ4v) is 2.72. The molecule has 1 atom stereocenters. The molecule has 2 rings (SSSR count). The number of nitrogens with zero attached hydrogens (tertiary/aromatic N) is 2. The average Bonchev–Trinajstić information content (AvgIpc) is 2.76. The van der Waals surface area contributed by atoms with Gasteiger partial charge in [-0.05, 0) is 44.6 Å². The second kappa shape index (κ2) is 7.42. The second-order valence-electron chi connectivity index (χ2n) is 6.25. The largest absolute Gasteiger partial charge is 0.354 e. The van der Waals surface area contributed by atoms with Gasteiger partial charge in [-0.2, -0.15) is 5.10 Å². The molecule has 1 aliphatic rings. The van der Waals surface area contributed by atoms with E-state index in [1.54, 1.807) is 4.68 Å². The molecule has 6 nitrogen and oxygen atoms in total. The van der Waals surface area contributed by atoms with Gasteiger partial charge < -0.3 is 10.6 Å². The van der Waals surface area contributed by atoms with Crippen LogP contribution in [0.4, 0.5) is 0 Å². The van der Waals surface area contributed by atoms with Crippen LogP contribution in [-0.2, 0) is 17.8 Å². The standard InChI is InChI=1S/C16H26N4O2/c1-4-20-14(10-12(19-20)9-11(2)3)16(22)18-13-7-5-6-8-17-15(13)21/h10-11,13H,4-9H2,1-3H3,(H,17,21)(H,18,22)/t13-/m0/s1. The lowest BCUT2D eigenvalue weighted by Crippen LogP contribution is -2.45. The number of carbonyl (C=O) groups excluding carboxylic acids is 2. The van der Waals surface area contributed by atoms with Gasteiger partial charge in [0.15, 0.2) is 0 Å². The SMILES string of the molecule is CCn1nc(CC(C)C)cc1C(=O)N[C@H]1CCCCNC1=O. The van der Waals surface area contributed by atoms with Crippen molar-refractivity contribution in [2.24, 2.45) is 5.92 Å². The molecule has 1 aromatic rings. The van der Waals surface area contributed by atoms with Crippen molar-refractivity contribution in [3.05, 3.63) is 17.5 Å². The zero-order valence-corrected chi connectivity index (χ0v) is 13.7. The second-order valence-corrected chi connectivity index (χ2v) is 6.25. The van der Waals surface area contributed by atoms with Crippen molar-refractivity contribution in [3.8, 4) is 0 Å². The van der Waals surface area contributed by atoms with Crippen LogP contribution >= 0.6 is 0 Å². The van der Waals surface area contributed by atoms with Crippen LogP contribution in [0.2, 0.25) is 0 Å². The van der Waals surface area contributed by atoms with Crippen LogP contribution in [0.1, 0.15) is 56.2 Å². The van der Waals surface area contributed by atoms with E-state index < -0.39 is 6.04 Å². The highest BCUT2D eigenvalue weighted by atomic mass is 16.2. The van der Waals surface area contributed by atoms with Gasteiger partial charge in [0.1, 0.15) is 11.7 Å². The Bertz CT molecular complexity index is 536. The monoisotopic (exact) mass is 306 g/mol. The highest BCUT2D eigenvalue weighted by Crippen LogP contribution is 2.12. The third-order valence-electron chi connectivity index (χ3n) is 3.82. The lowest BCUT2D eigenvalue weighted by Gasteiger charge is -2.15. The van der Waals surface area contributed by atoms with Gasteiger partial charge in [-0.15, -0.1) is 0 Å². The Hall–Kier alpha value is -1.85. The summed E-state index contributed by atoms with van der Waals surface area (Å²) in [6.45, 7) is 7.54. The summed E-state index contributed by atoms with van der Waals surface area (Å²) in [5, 5.41) is 10.2. The van der Waals surface area contributed by atoms with Crippen molar-refractivity contribution >= 4 is 11.8 Å². The highest BCUT2D eigenvalue weighted by molar-refractivity contribution is 5.96. The van der Waals surface area contributed by atoms with Gasteiger partial charge in [-0.1, -0.05) is 13.8 Å². The van der Waals surface area contributed by atoms with Gasteiger partial charge in [0.2, 0.25) is 5.91 Å². The average molecular weight is 306 g/mol. The van der Waals surface area contributed by atoms with Crippen molar-refractivity contribution in [1.29, 1.82) is 0 Å². The third kappa shape index (κ3) is 4.08. The number of aromatic nitrogens is 2. The van der Waals surface area contributed by atoms with Crippen LogP contribution < -0.4 is 10.6 Å². The molecule has 0 saturated carbocycles. The number of rotatable bonds is 5. The molecular weight excluding hydrogens is 280 g/mol. The minimum atomic E-state index is -0.441. The van der Waals surface area contributed by atoms with E-state index in [9.17, 15) is 9.59 Å². The van der Waals surface area contributed by atoms with Crippen LogP contribution in [0.25, 0.3) is 0 Å². The van der Waals surface area contributed by atoms with Gasteiger partial charge in [0.25, 0.3) is 5.91 Å². The van der Waals surface area contributed by atoms with Gasteiger partial charge in [-0.25, -0.2) is 0 Å². The van der Waals surface area contributed by atoms with Crippen molar-refractivity contribution in [2.75, 3.05) is 6.54 Å². The molecule has 6 heteroatoms. The Labute approximate surface area is 131 Å². The first-order valence-electron chi connectivity index (χ1n) is 8.16. The molecule has 22 heavy (non-hydrogen) atoms. The minimum Gasteiger partial charge on any atom is -0.354 e. The van der Waals surface area contributed by atoms with Gasteiger partial charge in [0, 0.05) is 13.1 Å². The van der Waals surface area contributed by atoms with Gasteiger partial charge in [0.05, 0.1) is 5.69 Å². The predicted octanol–water partition coefficient (Wildman–Crippen LogP) is 1.50. The quantitative estimate of drug-likeness (QED) is 0.865. The summed E-state index contributed by atoms with van der Waals surface area (Å²) >= 11 is 0. The number of hydrogen-bond donors (Lipinski definition) is 2. The maximum absolute atomic E-state index is 12.5. The smallest absolute Gasteiger partial charge is 0.270 e. The predicted molar refractivity (Wildman–Crippen MR) is 84.6 cm³/mol.